The van der Waals surface area contributed by atoms with Gasteiger partial charge in [0, 0.05) is 22.7 Å². The molecule has 0 radical (unpaired) electrons. The number of azide groups is 1. The maximum absolute atomic E-state index is 8.07. The molecule has 1 aromatic carbocycles. The smallest absolute Gasteiger partial charge is 0.0880 e. The van der Waals surface area contributed by atoms with Crippen LogP contribution in [0.15, 0.2) is 23.3 Å². The molecule has 15 heavy (non-hydrogen) atoms. The summed E-state index contributed by atoms with van der Waals surface area (Å²) >= 11 is 0. The number of hydrogen-bond donors (Lipinski definition) is 1. The lowest BCUT2D eigenvalue weighted by atomic mass is 10.1. The highest BCUT2D eigenvalue weighted by molar-refractivity contribution is 5.58. The summed E-state index contributed by atoms with van der Waals surface area (Å²) in [4.78, 5) is 2.64. The Morgan fingerprint density at radius 3 is 3.33 bits per heavy atom. The van der Waals surface area contributed by atoms with E-state index in [1.807, 2.05) is 12.1 Å². The normalized spacial score (nSPS) is 11.7. The summed E-state index contributed by atoms with van der Waals surface area (Å²) in [6.07, 6.45) is 1.06. The number of anilines is 1. The van der Waals surface area contributed by atoms with E-state index in [4.69, 9.17) is 5.53 Å². The molecule has 1 heterocycles. The summed E-state index contributed by atoms with van der Waals surface area (Å²) in [6.45, 7) is 1.23. The second-order valence-corrected chi connectivity index (χ2v) is 3.24. The van der Waals surface area contributed by atoms with E-state index in [0.29, 0.717) is 0 Å². The Kier molecular flexibility index (Phi) is 2.77. The SMILES string of the molecule is [N-]=[N+]=NCC#Cc1ccc2c(c1)CCN2. The summed E-state index contributed by atoms with van der Waals surface area (Å²) < 4.78 is 0. The van der Waals surface area contributed by atoms with E-state index in [1.54, 1.807) is 0 Å². The first-order valence-electron chi connectivity index (χ1n) is 4.76. The zero-order chi connectivity index (χ0) is 10.5. The standard InChI is InChI=1S/C11H10N4/c12-15-14-6-1-2-9-3-4-11-10(8-9)5-7-13-11/h3-4,8,13H,5-7H2. The van der Waals surface area contributed by atoms with Gasteiger partial charge in [-0.15, -0.1) is 0 Å². The molecule has 0 spiro atoms. The minimum Gasteiger partial charge on any atom is -0.384 e. The summed E-state index contributed by atoms with van der Waals surface area (Å²) in [7, 11) is 0. The lowest BCUT2D eigenvalue weighted by Gasteiger charge is -1.98. The third kappa shape index (κ3) is 2.22. The van der Waals surface area contributed by atoms with Gasteiger partial charge in [-0.25, -0.2) is 0 Å². The predicted octanol–water partition coefficient (Wildman–Crippen LogP) is 2.32. The lowest BCUT2D eigenvalue weighted by molar-refractivity contribution is 1.11. The van der Waals surface area contributed by atoms with Crippen LogP contribution in [0.4, 0.5) is 5.69 Å². The van der Waals surface area contributed by atoms with Crippen molar-refractivity contribution in [1.29, 1.82) is 0 Å². The Bertz CT molecular complexity index is 475. The quantitative estimate of drug-likeness (QED) is 0.320. The van der Waals surface area contributed by atoms with Crippen molar-refractivity contribution in [2.75, 3.05) is 18.4 Å². The van der Waals surface area contributed by atoms with Crippen LogP contribution in [0.25, 0.3) is 10.4 Å². The van der Waals surface area contributed by atoms with Gasteiger partial charge in [-0.2, -0.15) is 0 Å². The van der Waals surface area contributed by atoms with Gasteiger partial charge in [0.15, 0.2) is 0 Å². The molecule has 0 bridgehead atoms. The average Bonchev–Trinajstić information content (AvgIpc) is 2.71. The predicted molar refractivity (Wildman–Crippen MR) is 59.5 cm³/mol. The monoisotopic (exact) mass is 198 g/mol. The van der Waals surface area contributed by atoms with Crippen LogP contribution >= 0.6 is 0 Å². The third-order valence-corrected chi connectivity index (χ3v) is 2.26. The highest BCUT2D eigenvalue weighted by atomic mass is 15.1. The van der Waals surface area contributed by atoms with Crippen LogP contribution in [0.2, 0.25) is 0 Å². The van der Waals surface area contributed by atoms with Crippen LogP contribution < -0.4 is 5.32 Å². The number of nitrogens with zero attached hydrogens (tertiary/aromatic N) is 3. The van der Waals surface area contributed by atoms with Crippen molar-refractivity contribution < 1.29 is 0 Å². The highest BCUT2D eigenvalue weighted by Gasteiger charge is 2.08. The van der Waals surface area contributed by atoms with Crippen molar-refractivity contribution in [3.8, 4) is 11.8 Å². The zero-order valence-corrected chi connectivity index (χ0v) is 8.20. The third-order valence-electron chi connectivity index (χ3n) is 2.26. The average molecular weight is 198 g/mol. The van der Waals surface area contributed by atoms with Crippen LogP contribution in [0.3, 0.4) is 0 Å². The number of hydrogen-bond acceptors (Lipinski definition) is 2. The molecule has 0 atom stereocenters. The van der Waals surface area contributed by atoms with Crippen molar-refractivity contribution in [1.82, 2.24) is 0 Å². The first-order valence-corrected chi connectivity index (χ1v) is 4.76. The minimum atomic E-state index is 0.228. The van der Waals surface area contributed by atoms with Gasteiger partial charge in [0.25, 0.3) is 0 Å². The molecule has 0 saturated heterocycles. The lowest BCUT2D eigenvalue weighted by Crippen LogP contribution is -1.90. The molecule has 1 N–H and O–H groups in total. The maximum Gasteiger partial charge on any atom is 0.0880 e. The second kappa shape index (κ2) is 4.41. The molecule has 0 saturated carbocycles. The van der Waals surface area contributed by atoms with Crippen LogP contribution in [-0.2, 0) is 6.42 Å². The molecule has 1 aliphatic heterocycles. The molecule has 4 heteroatoms. The fourth-order valence-corrected chi connectivity index (χ4v) is 1.59. The van der Waals surface area contributed by atoms with Gasteiger partial charge in [-0.05, 0) is 35.7 Å². The van der Waals surface area contributed by atoms with Crippen LogP contribution in [-0.4, -0.2) is 13.1 Å². The molecule has 0 aliphatic carbocycles. The fourth-order valence-electron chi connectivity index (χ4n) is 1.59. The molecule has 0 amide bonds. The molecule has 0 aromatic heterocycles. The first kappa shape index (κ1) is 9.45. The van der Waals surface area contributed by atoms with Gasteiger partial charge in [0.1, 0.15) is 0 Å². The number of nitrogens with one attached hydrogen (secondary N) is 1. The number of fused-ring (bicyclic) bond motifs is 1. The van der Waals surface area contributed by atoms with Gasteiger partial charge < -0.3 is 5.32 Å². The van der Waals surface area contributed by atoms with Gasteiger partial charge in [0.05, 0.1) is 6.54 Å². The molecular formula is C11H10N4. The molecule has 74 valence electrons. The van der Waals surface area contributed by atoms with Crippen LogP contribution in [0.1, 0.15) is 11.1 Å². The van der Waals surface area contributed by atoms with Gasteiger partial charge in [-0.1, -0.05) is 17.0 Å². The largest absolute Gasteiger partial charge is 0.384 e. The molecule has 0 fully saturated rings. The molecule has 1 aliphatic rings. The first-order chi connectivity index (χ1) is 7.40. The van der Waals surface area contributed by atoms with E-state index < -0.39 is 0 Å². The molecule has 4 nitrogen and oxygen atoms in total. The molecule has 0 unspecified atom stereocenters. The van der Waals surface area contributed by atoms with Gasteiger partial charge in [0.2, 0.25) is 0 Å². The summed E-state index contributed by atoms with van der Waals surface area (Å²) in [5.74, 6) is 5.77. The minimum absolute atomic E-state index is 0.228. The Labute approximate surface area is 87.9 Å². The van der Waals surface area contributed by atoms with Crippen LogP contribution in [0, 0.1) is 11.8 Å². The topological polar surface area (TPSA) is 60.8 Å². The van der Waals surface area contributed by atoms with E-state index >= 15 is 0 Å². The van der Waals surface area contributed by atoms with Gasteiger partial charge >= 0.3 is 0 Å². The highest BCUT2D eigenvalue weighted by Crippen LogP contribution is 2.22. The summed E-state index contributed by atoms with van der Waals surface area (Å²) in [6, 6.07) is 6.10. The molecule has 1 aromatic rings. The van der Waals surface area contributed by atoms with E-state index in [9.17, 15) is 0 Å². The fraction of sp³-hybridized carbons (Fsp3) is 0.273. The summed E-state index contributed by atoms with van der Waals surface area (Å²) in [5.41, 5.74) is 11.6. The zero-order valence-electron chi connectivity index (χ0n) is 8.20. The van der Waals surface area contributed by atoms with Gasteiger partial charge in [-0.3, -0.25) is 0 Å². The number of rotatable bonds is 1. The second-order valence-electron chi connectivity index (χ2n) is 3.24. The van der Waals surface area contributed by atoms with E-state index in [-0.39, 0.29) is 6.54 Å². The van der Waals surface area contributed by atoms with Crippen molar-refractivity contribution in [2.24, 2.45) is 5.11 Å². The Morgan fingerprint density at radius 2 is 2.47 bits per heavy atom. The molecular weight excluding hydrogens is 188 g/mol. The van der Waals surface area contributed by atoms with Crippen molar-refractivity contribution >= 4 is 5.69 Å². The van der Waals surface area contributed by atoms with E-state index in [2.05, 4.69) is 33.2 Å². The van der Waals surface area contributed by atoms with Crippen molar-refractivity contribution in [3.63, 3.8) is 0 Å². The van der Waals surface area contributed by atoms with E-state index in [1.165, 1.54) is 11.3 Å². The number of benzene rings is 1. The van der Waals surface area contributed by atoms with Crippen molar-refractivity contribution in [2.45, 2.75) is 6.42 Å². The van der Waals surface area contributed by atoms with E-state index in [0.717, 1.165) is 18.5 Å². The Hall–Kier alpha value is -2.11. The maximum atomic E-state index is 8.07. The van der Waals surface area contributed by atoms with Crippen molar-refractivity contribution in [3.05, 3.63) is 39.8 Å². The summed E-state index contributed by atoms with van der Waals surface area (Å²) in [5, 5.41) is 6.64. The van der Waals surface area contributed by atoms with Crippen LogP contribution in [0.5, 0.6) is 0 Å². The molecule has 2 rings (SSSR count). The Balaban J connectivity index is 2.15. The Morgan fingerprint density at radius 1 is 1.53 bits per heavy atom.